The van der Waals surface area contributed by atoms with Gasteiger partial charge in [0.1, 0.15) is 9.84 Å². The first-order chi connectivity index (χ1) is 9.26. The molecule has 0 spiro atoms. The van der Waals surface area contributed by atoms with Crippen molar-refractivity contribution in [2.24, 2.45) is 12.8 Å². The Hall–Kier alpha value is -0.880. The largest absolute Gasteiger partial charge is 0.328 e. The molecule has 5 nitrogen and oxygen atoms in total. The van der Waals surface area contributed by atoms with Gasteiger partial charge in [0.05, 0.1) is 11.4 Å². The van der Waals surface area contributed by atoms with Crippen LogP contribution in [0.3, 0.4) is 0 Å². The number of nitrogens with zero attached hydrogens (tertiary/aromatic N) is 2. The molecule has 116 valence electrons. The fourth-order valence-electron chi connectivity index (χ4n) is 2.36. The quantitative estimate of drug-likeness (QED) is 0.789. The van der Waals surface area contributed by atoms with Crippen molar-refractivity contribution >= 4 is 9.84 Å². The standard InChI is InChI=1S/C14H27N3O2S/c1-5-20(18,19)10-6-7-13(15)8-9-14-11(2)16-17(4)12(14)3/h13H,5-10,15H2,1-4H3. The van der Waals surface area contributed by atoms with Crippen LogP contribution in [0, 0.1) is 13.8 Å². The zero-order valence-electron chi connectivity index (χ0n) is 13.0. The lowest BCUT2D eigenvalue weighted by molar-refractivity contribution is 0.551. The first-order valence-electron chi connectivity index (χ1n) is 7.22. The topological polar surface area (TPSA) is 78.0 Å². The van der Waals surface area contributed by atoms with Crippen molar-refractivity contribution < 1.29 is 8.42 Å². The minimum absolute atomic E-state index is 0.0565. The minimum Gasteiger partial charge on any atom is -0.328 e. The van der Waals surface area contributed by atoms with Crippen LogP contribution < -0.4 is 5.73 Å². The predicted octanol–water partition coefficient (Wildman–Crippen LogP) is 1.51. The van der Waals surface area contributed by atoms with E-state index in [1.807, 2.05) is 18.7 Å². The summed E-state index contributed by atoms with van der Waals surface area (Å²) in [6, 6.07) is 0.0565. The molecule has 0 amide bonds. The van der Waals surface area contributed by atoms with Gasteiger partial charge in [-0.3, -0.25) is 4.68 Å². The van der Waals surface area contributed by atoms with E-state index >= 15 is 0 Å². The third-order valence-corrected chi connectivity index (χ3v) is 5.68. The molecule has 1 atom stereocenters. The van der Waals surface area contributed by atoms with Crippen molar-refractivity contribution in [2.75, 3.05) is 11.5 Å². The van der Waals surface area contributed by atoms with Gasteiger partial charge in [-0.25, -0.2) is 8.42 Å². The van der Waals surface area contributed by atoms with E-state index in [9.17, 15) is 8.42 Å². The van der Waals surface area contributed by atoms with Crippen molar-refractivity contribution in [1.29, 1.82) is 0 Å². The molecule has 0 aromatic carbocycles. The molecule has 20 heavy (non-hydrogen) atoms. The highest BCUT2D eigenvalue weighted by Gasteiger charge is 2.12. The molecule has 0 radical (unpaired) electrons. The first-order valence-corrected chi connectivity index (χ1v) is 9.04. The summed E-state index contributed by atoms with van der Waals surface area (Å²) in [7, 11) is -0.915. The summed E-state index contributed by atoms with van der Waals surface area (Å²) < 4.78 is 24.7. The van der Waals surface area contributed by atoms with Gasteiger partial charge >= 0.3 is 0 Å². The number of sulfone groups is 1. The Kier molecular flexibility index (Phi) is 6.20. The maximum Gasteiger partial charge on any atom is 0.150 e. The van der Waals surface area contributed by atoms with Crippen LogP contribution in [0.25, 0.3) is 0 Å². The van der Waals surface area contributed by atoms with E-state index in [4.69, 9.17) is 5.73 Å². The molecule has 2 N–H and O–H groups in total. The molecule has 1 aromatic rings. The molecule has 0 aliphatic carbocycles. The number of rotatable bonds is 8. The molecular weight excluding hydrogens is 274 g/mol. The summed E-state index contributed by atoms with van der Waals surface area (Å²) in [6.07, 6.45) is 3.20. The van der Waals surface area contributed by atoms with Crippen LogP contribution in [0.1, 0.15) is 43.1 Å². The van der Waals surface area contributed by atoms with Gasteiger partial charge in [-0.1, -0.05) is 6.92 Å². The van der Waals surface area contributed by atoms with Crippen molar-refractivity contribution in [2.45, 2.75) is 52.5 Å². The lowest BCUT2D eigenvalue weighted by atomic mass is 10.0. The minimum atomic E-state index is -2.86. The third-order valence-electron chi connectivity index (χ3n) is 3.89. The Morgan fingerprint density at radius 2 is 1.95 bits per heavy atom. The zero-order chi connectivity index (χ0) is 15.3. The Morgan fingerprint density at radius 1 is 1.30 bits per heavy atom. The van der Waals surface area contributed by atoms with Crippen LogP contribution in [0.4, 0.5) is 0 Å². The van der Waals surface area contributed by atoms with E-state index in [2.05, 4.69) is 12.0 Å². The highest BCUT2D eigenvalue weighted by Crippen LogP contribution is 2.15. The molecule has 0 bridgehead atoms. The maximum atomic E-state index is 11.4. The Bertz CT molecular complexity index is 535. The molecule has 0 fully saturated rings. The number of aryl methyl sites for hydroxylation is 2. The fourth-order valence-corrected chi connectivity index (χ4v) is 3.26. The molecule has 6 heteroatoms. The van der Waals surface area contributed by atoms with Crippen molar-refractivity contribution in [3.05, 3.63) is 17.0 Å². The number of nitrogens with two attached hydrogens (primary N) is 1. The second-order valence-electron chi connectivity index (χ2n) is 5.45. The van der Waals surface area contributed by atoms with Gasteiger partial charge in [0.15, 0.2) is 0 Å². The van der Waals surface area contributed by atoms with Gasteiger partial charge in [-0.15, -0.1) is 0 Å². The van der Waals surface area contributed by atoms with Crippen LogP contribution in [0.15, 0.2) is 0 Å². The van der Waals surface area contributed by atoms with Gasteiger partial charge in [-0.05, 0) is 45.1 Å². The van der Waals surface area contributed by atoms with E-state index in [1.165, 1.54) is 11.3 Å². The van der Waals surface area contributed by atoms with Gasteiger partial charge in [0, 0.05) is 24.5 Å². The maximum absolute atomic E-state index is 11.4. The molecular formula is C14H27N3O2S. The Morgan fingerprint density at radius 3 is 2.45 bits per heavy atom. The van der Waals surface area contributed by atoms with Crippen LogP contribution >= 0.6 is 0 Å². The molecule has 1 aromatic heterocycles. The van der Waals surface area contributed by atoms with Crippen LogP contribution in [0.5, 0.6) is 0 Å². The fraction of sp³-hybridized carbons (Fsp3) is 0.786. The van der Waals surface area contributed by atoms with Crippen LogP contribution in [-0.4, -0.2) is 35.7 Å². The zero-order valence-corrected chi connectivity index (χ0v) is 13.8. The van der Waals surface area contributed by atoms with E-state index in [-0.39, 0.29) is 17.5 Å². The van der Waals surface area contributed by atoms with Gasteiger partial charge in [-0.2, -0.15) is 5.10 Å². The van der Waals surface area contributed by atoms with Gasteiger partial charge in [0.2, 0.25) is 0 Å². The lowest BCUT2D eigenvalue weighted by Gasteiger charge is -2.11. The van der Waals surface area contributed by atoms with E-state index in [1.54, 1.807) is 6.92 Å². The van der Waals surface area contributed by atoms with Crippen molar-refractivity contribution in [3.8, 4) is 0 Å². The summed E-state index contributed by atoms with van der Waals surface area (Å²) in [6.45, 7) is 5.76. The summed E-state index contributed by atoms with van der Waals surface area (Å²) in [5, 5.41) is 4.39. The average molecular weight is 301 g/mol. The molecule has 0 aliphatic rings. The first kappa shape index (κ1) is 17.2. The van der Waals surface area contributed by atoms with E-state index in [0.29, 0.717) is 6.42 Å². The lowest BCUT2D eigenvalue weighted by Crippen LogP contribution is -2.22. The van der Waals surface area contributed by atoms with Gasteiger partial charge in [0.25, 0.3) is 0 Å². The highest BCUT2D eigenvalue weighted by molar-refractivity contribution is 7.91. The molecule has 0 saturated heterocycles. The molecule has 1 rings (SSSR count). The van der Waals surface area contributed by atoms with Crippen LogP contribution in [-0.2, 0) is 23.3 Å². The number of aromatic nitrogens is 2. The second-order valence-corrected chi connectivity index (χ2v) is 7.92. The van der Waals surface area contributed by atoms with Crippen molar-refractivity contribution in [1.82, 2.24) is 9.78 Å². The Labute approximate surface area is 122 Å². The molecule has 1 heterocycles. The van der Waals surface area contributed by atoms with Crippen LogP contribution in [0.2, 0.25) is 0 Å². The summed E-state index contributed by atoms with van der Waals surface area (Å²) in [5.74, 6) is 0.471. The molecule has 0 aliphatic heterocycles. The smallest absolute Gasteiger partial charge is 0.150 e. The number of hydrogen-bond acceptors (Lipinski definition) is 4. The number of hydrogen-bond donors (Lipinski definition) is 1. The van der Waals surface area contributed by atoms with Gasteiger partial charge < -0.3 is 5.73 Å². The SMILES string of the molecule is CCS(=O)(=O)CCCC(N)CCc1c(C)nn(C)c1C. The van der Waals surface area contributed by atoms with Crippen molar-refractivity contribution in [3.63, 3.8) is 0 Å². The third kappa shape index (κ3) is 4.90. The summed E-state index contributed by atoms with van der Waals surface area (Å²) in [4.78, 5) is 0. The average Bonchev–Trinajstić information content (AvgIpc) is 2.61. The highest BCUT2D eigenvalue weighted by atomic mass is 32.2. The molecule has 1 unspecified atom stereocenters. The normalized spacial score (nSPS) is 13.7. The van der Waals surface area contributed by atoms with E-state index in [0.717, 1.165) is 25.0 Å². The Balaban J connectivity index is 2.38. The second kappa shape index (κ2) is 7.22. The summed E-state index contributed by atoms with van der Waals surface area (Å²) in [5.41, 5.74) is 9.59. The van der Waals surface area contributed by atoms with E-state index < -0.39 is 9.84 Å². The summed E-state index contributed by atoms with van der Waals surface area (Å²) >= 11 is 0. The monoisotopic (exact) mass is 301 g/mol. The predicted molar refractivity (Wildman–Crippen MR) is 82.5 cm³/mol. The molecule has 0 saturated carbocycles.